The van der Waals surface area contributed by atoms with Crippen LogP contribution in [0.25, 0.3) is 0 Å². The van der Waals surface area contributed by atoms with Gasteiger partial charge < -0.3 is 24.8 Å². The first-order chi connectivity index (χ1) is 7.87. The van der Waals surface area contributed by atoms with Crippen molar-refractivity contribution in [1.29, 1.82) is 5.41 Å². The highest BCUT2D eigenvalue weighted by Crippen LogP contribution is 2.34. The fourth-order valence-corrected chi connectivity index (χ4v) is 2.64. The van der Waals surface area contributed by atoms with Gasteiger partial charge in [-0.2, -0.15) is 0 Å². The number of hydrogen-bond donors (Lipinski definition) is 2. The van der Waals surface area contributed by atoms with Gasteiger partial charge in [0.15, 0.2) is 5.96 Å². The molecule has 1 rings (SSSR count). The minimum Gasteiger partial charge on any atom is -0.382 e. The van der Waals surface area contributed by atoms with Crippen LogP contribution in [0.2, 0.25) is 0 Å². The highest BCUT2D eigenvalue weighted by Gasteiger charge is 2.52. The molecule has 1 fully saturated rings. The average Bonchev–Trinajstić information content (AvgIpc) is 2.48. The summed E-state index contributed by atoms with van der Waals surface area (Å²) in [5.74, 6) is 0.00849. The summed E-state index contributed by atoms with van der Waals surface area (Å²) in [6.45, 7) is 2.40. The Hall–Kier alpha value is -0.785. The molecule has 1 aliphatic rings. The predicted molar refractivity (Wildman–Crippen MR) is 68.0 cm³/mol. The minimum atomic E-state index is -0.517. The Bertz CT molecular complexity index is 292. The number of ether oxygens (including phenoxy) is 3. The first-order valence-corrected chi connectivity index (χ1v) is 5.63. The molecule has 6 nitrogen and oxygen atoms in total. The van der Waals surface area contributed by atoms with Gasteiger partial charge in [-0.1, -0.05) is 0 Å². The van der Waals surface area contributed by atoms with Crippen molar-refractivity contribution >= 4 is 13.8 Å². The first kappa shape index (κ1) is 14.3. The van der Waals surface area contributed by atoms with Gasteiger partial charge in [0.25, 0.3) is 0 Å². The van der Waals surface area contributed by atoms with E-state index in [0.717, 1.165) is 0 Å². The van der Waals surface area contributed by atoms with Crippen LogP contribution in [0.15, 0.2) is 0 Å². The molecule has 0 aromatic rings. The zero-order valence-electron chi connectivity index (χ0n) is 11.2. The molecule has 0 aliphatic carbocycles. The second-order valence-corrected chi connectivity index (χ2v) is 4.71. The van der Waals surface area contributed by atoms with Crippen LogP contribution in [0.3, 0.4) is 0 Å². The number of rotatable bonds is 4. The molecule has 0 amide bonds. The lowest BCUT2D eigenvalue weighted by Gasteiger charge is -2.34. The number of nitrogens with one attached hydrogen (secondary N) is 1. The summed E-state index contributed by atoms with van der Waals surface area (Å²) in [6.07, 6.45) is -0.189. The third-order valence-corrected chi connectivity index (χ3v) is 3.36. The van der Waals surface area contributed by atoms with Crippen molar-refractivity contribution < 1.29 is 14.2 Å². The van der Waals surface area contributed by atoms with E-state index in [1.807, 2.05) is 14.8 Å². The van der Waals surface area contributed by atoms with E-state index < -0.39 is 5.60 Å². The lowest BCUT2D eigenvalue weighted by molar-refractivity contribution is -0.105. The molecule has 0 aromatic carbocycles. The largest absolute Gasteiger partial charge is 0.382 e. The summed E-state index contributed by atoms with van der Waals surface area (Å²) in [7, 11) is 7.00. The van der Waals surface area contributed by atoms with Crippen LogP contribution >= 0.6 is 0 Å². The van der Waals surface area contributed by atoms with Crippen molar-refractivity contribution in [2.45, 2.75) is 30.7 Å². The third kappa shape index (κ3) is 2.56. The van der Waals surface area contributed by atoms with E-state index in [2.05, 4.69) is 0 Å². The molecule has 98 valence electrons. The Balaban J connectivity index is 2.95. The molecule has 1 aliphatic heterocycles. The van der Waals surface area contributed by atoms with Crippen molar-refractivity contribution in [2.24, 2.45) is 5.73 Å². The molecular formula is C10H22BN3O3. The SMILES string of the molecule is BC1OC(C)(COC)C(OC)C1N(C)C(=N)N. The molecule has 17 heavy (non-hydrogen) atoms. The van der Waals surface area contributed by atoms with Crippen molar-refractivity contribution in [3.8, 4) is 0 Å². The fourth-order valence-electron chi connectivity index (χ4n) is 2.64. The summed E-state index contributed by atoms with van der Waals surface area (Å²) in [5, 5.41) is 7.51. The molecular weight excluding hydrogens is 221 g/mol. The first-order valence-electron chi connectivity index (χ1n) is 5.63. The summed E-state index contributed by atoms with van der Waals surface area (Å²) in [6, 6.07) is -0.161. The maximum Gasteiger partial charge on any atom is 0.188 e. The van der Waals surface area contributed by atoms with E-state index in [-0.39, 0.29) is 24.1 Å². The van der Waals surface area contributed by atoms with Gasteiger partial charge in [0.1, 0.15) is 19.6 Å². The molecule has 3 N–H and O–H groups in total. The molecule has 0 saturated carbocycles. The van der Waals surface area contributed by atoms with Crippen molar-refractivity contribution in [3.63, 3.8) is 0 Å². The summed E-state index contributed by atoms with van der Waals surface area (Å²) in [4.78, 5) is 1.68. The Morgan fingerprint density at radius 2 is 2.18 bits per heavy atom. The molecule has 0 radical (unpaired) electrons. The number of nitrogens with two attached hydrogens (primary N) is 1. The Morgan fingerprint density at radius 3 is 2.59 bits per heavy atom. The highest BCUT2D eigenvalue weighted by molar-refractivity contribution is 6.12. The van der Waals surface area contributed by atoms with Crippen LogP contribution in [0, 0.1) is 5.41 Å². The molecule has 1 heterocycles. The lowest BCUT2D eigenvalue weighted by Crippen LogP contribution is -2.54. The molecule has 0 aromatic heterocycles. The van der Waals surface area contributed by atoms with Gasteiger partial charge in [-0.25, -0.2) is 0 Å². The zero-order valence-corrected chi connectivity index (χ0v) is 11.2. The van der Waals surface area contributed by atoms with E-state index in [9.17, 15) is 0 Å². The van der Waals surface area contributed by atoms with Gasteiger partial charge >= 0.3 is 0 Å². The highest BCUT2D eigenvalue weighted by atomic mass is 16.6. The van der Waals surface area contributed by atoms with E-state index >= 15 is 0 Å². The van der Waals surface area contributed by atoms with Crippen LogP contribution < -0.4 is 5.73 Å². The van der Waals surface area contributed by atoms with Crippen LogP contribution in [-0.4, -0.2) is 70.3 Å². The summed E-state index contributed by atoms with van der Waals surface area (Å²) in [5.41, 5.74) is 5.01. The number of methoxy groups -OCH3 is 2. The van der Waals surface area contributed by atoms with Crippen molar-refractivity contribution in [3.05, 3.63) is 0 Å². The van der Waals surface area contributed by atoms with E-state index in [0.29, 0.717) is 6.61 Å². The van der Waals surface area contributed by atoms with Gasteiger partial charge in [0, 0.05) is 27.3 Å². The quantitative estimate of drug-likeness (QED) is 0.360. The fraction of sp³-hybridized carbons (Fsp3) is 0.900. The monoisotopic (exact) mass is 243 g/mol. The number of nitrogens with zero attached hydrogens (tertiary/aromatic N) is 1. The van der Waals surface area contributed by atoms with E-state index in [4.69, 9.17) is 25.4 Å². The number of guanidine groups is 1. The van der Waals surface area contributed by atoms with Crippen molar-refractivity contribution in [2.75, 3.05) is 27.9 Å². The summed E-state index contributed by atoms with van der Waals surface area (Å²) < 4.78 is 16.7. The molecule has 0 spiro atoms. The summed E-state index contributed by atoms with van der Waals surface area (Å²) >= 11 is 0. The number of likely N-dealkylation sites (N-methyl/N-ethyl adjacent to an activating group) is 1. The molecule has 4 unspecified atom stereocenters. The van der Waals surface area contributed by atoms with Gasteiger partial charge in [0.05, 0.1) is 12.6 Å². The predicted octanol–water partition coefficient (Wildman–Crippen LogP) is -1.41. The zero-order chi connectivity index (χ0) is 13.2. The van der Waals surface area contributed by atoms with Crippen LogP contribution in [0.4, 0.5) is 0 Å². The molecule has 1 saturated heterocycles. The van der Waals surface area contributed by atoms with Gasteiger partial charge in [-0.05, 0) is 6.92 Å². The third-order valence-electron chi connectivity index (χ3n) is 3.36. The topological polar surface area (TPSA) is 80.8 Å². The smallest absolute Gasteiger partial charge is 0.188 e. The van der Waals surface area contributed by atoms with E-state index in [1.54, 1.807) is 26.2 Å². The Kier molecular flexibility index (Phi) is 4.40. The normalized spacial score (nSPS) is 37.1. The van der Waals surface area contributed by atoms with Crippen LogP contribution in [0.1, 0.15) is 6.92 Å². The van der Waals surface area contributed by atoms with E-state index in [1.165, 1.54) is 0 Å². The standard InChI is InChI=1S/C10H22BN3O3/c1-10(5-15-3)7(16-4)6(8(11)17-10)14(2)9(12)13/h6-8H,5,11H2,1-4H3,(H3,12,13). The Labute approximate surface area is 103 Å². The van der Waals surface area contributed by atoms with Gasteiger partial charge in [-0.15, -0.1) is 0 Å². The Morgan fingerprint density at radius 1 is 1.59 bits per heavy atom. The second-order valence-electron chi connectivity index (χ2n) is 4.71. The van der Waals surface area contributed by atoms with Gasteiger partial charge in [-0.3, -0.25) is 5.41 Å². The maximum absolute atomic E-state index is 7.51. The van der Waals surface area contributed by atoms with Gasteiger partial charge in [0.2, 0.25) is 0 Å². The maximum atomic E-state index is 7.51. The van der Waals surface area contributed by atoms with Crippen LogP contribution in [0.5, 0.6) is 0 Å². The second kappa shape index (κ2) is 5.24. The molecule has 4 atom stereocenters. The van der Waals surface area contributed by atoms with Crippen molar-refractivity contribution in [1.82, 2.24) is 4.90 Å². The van der Waals surface area contributed by atoms with Crippen LogP contribution in [-0.2, 0) is 14.2 Å². The molecule has 0 bridgehead atoms. The average molecular weight is 243 g/mol. The molecule has 7 heteroatoms. The lowest BCUT2D eigenvalue weighted by atomic mass is 9.87. The number of hydrogen-bond acceptors (Lipinski definition) is 4. The minimum absolute atomic E-state index is 0.00849.